The summed E-state index contributed by atoms with van der Waals surface area (Å²) in [5.74, 6) is -0.301. The van der Waals surface area contributed by atoms with Gasteiger partial charge in [0, 0.05) is 18.3 Å². The second-order valence-electron chi connectivity index (χ2n) is 6.46. The monoisotopic (exact) mass is 408 g/mol. The van der Waals surface area contributed by atoms with Crippen LogP contribution in [0.15, 0.2) is 35.5 Å². The van der Waals surface area contributed by atoms with Gasteiger partial charge in [-0.1, -0.05) is 29.3 Å². The van der Waals surface area contributed by atoms with Crippen LogP contribution < -0.4 is 5.56 Å². The predicted octanol–water partition coefficient (Wildman–Crippen LogP) is 3.27. The lowest BCUT2D eigenvalue weighted by molar-refractivity contribution is -0.131. The first kappa shape index (κ1) is 18.0. The number of nitrogens with zero attached hydrogens (tertiary/aromatic N) is 3. The molecule has 9 heteroatoms. The highest BCUT2D eigenvalue weighted by molar-refractivity contribution is 6.42. The van der Waals surface area contributed by atoms with E-state index in [4.69, 9.17) is 23.2 Å². The minimum Gasteiger partial charge on any atom is -0.345 e. The Labute approximate surface area is 163 Å². The van der Waals surface area contributed by atoms with Crippen molar-refractivity contribution >= 4 is 40.1 Å². The van der Waals surface area contributed by atoms with Gasteiger partial charge in [-0.15, -0.1) is 0 Å². The van der Waals surface area contributed by atoms with Gasteiger partial charge >= 0.3 is 0 Å². The maximum atomic E-state index is 13.3. The predicted molar refractivity (Wildman–Crippen MR) is 102 cm³/mol. The second kappa shape index (κ2) is 6.98. The Morgan fingerprint density at radius 1 is 1.33 bits per heavy atom. The molecule has 3 heterocycles. The first-order valence-corrected chi connectivity index (χ1v) is 9.13. The van der Waals surface area contributed by atoms with Gasteiger partial charge in [0.05, 0.1) is 22.0 Å². The Morgan fingerprint density at radius 3 is 2.85 bits per heavy atom. The van der Waals surface area contributed by atoms with E-state index in [1.54, 1.807) is 24.4 Å². The van der Waals surface area contributed by atoms with Gasteiger partial charge in [-0.25, -0.2) is 9.37 Å². The van der Waals surface area contributed by atoms with Crippen LogP contribution in [0.3, 0.4) is 0 Å². The first-order chi connectivity index (χ1) is 12.9. The summed E-state index contributed by atoms with van der Waals surface area (Å²) in [4.78, 5) is 33.9. The smallest absolute Gasteiger partial charge is 0.263 e. The number of nitrogens with one attached hydrogen (secondary N) is 1. The standard InChI is InChI=1S/C18H15Cl2FN4O2/c19-13-2-1-10(5-14(13)20)12-6-22-17-16(12)18(27)25(9-23-17)8-15(26)24-4-3-11(21)7-24/h1-2,5-6,9,11,22H,3-4,7-8H2. The summed E-state index contributed by atoms with van der Waals surface area (Å²) in [6.07, 6.45) is 2.31. The fourth-order valence-electron chi connectivity index (χ4n) is 3.25. The molecule has 0 saturated carbocycles. The first-order valence-electron chi connectivity index (χ1n) is 8.38. The average molecular weight is 409 g/mol. The summed E-state index contributed by atoms with van der Waals surface area (Å²) in [5.41, 5.74) is 1.38. The van der Waals surface area contributed by atoms with Gasteiger partial charge in [0.15, 0.2) is 0 Å². The van der Waals surface area contributed by atoms with Crippen LogP contribution in [0.5, 0.6) is 0 Å². The summed E-state index contributed by atoms with van der Waals surface area (Å²) < 4.78 is 14.6. The number of likely N-dealkylation sites (tertiary alicyclic amines) is 1. The maximum absolute atomic E-state index is 13.3. The highest BCUT2D eigenvalue weighted by atomic mass is 35.5. The van der Waals surface area contributed by atoms with Crippen LogP contribution in [0.1, 0.15) is 6.42 Å². The summed E-state index contributed by atoms with van der Waals surface area (Å²) >= 11 is 12.0. The SMILES string of the molecule is O=C(Cn1cnc2[nH]cc(-c3ccc(Cl)c(Cl)c3)c2c1=O)N1CCC(F)C1. The Morgan fingerprint density at radius 2 is 2.15 bits per heavy atom. The summed E-state index contributed by atoms with van der Waals surface area (Å²) in [5, 5.41) is 1.14. The fraction of sp³-hybridized carbons (Fsp3) is 0.278. The minimum atomic E-state index is -1.00. The molecule has 1 N–H and O–H groups in total. The van der Waals surface area contributed by atoms with Crippen LogP contribution in [-0.2, 0) is 11.3 Å². The lowest BCUT2D eigenvalue weighted by atomic mass is 10.1. The van der Waals surface area contributed by atoms with E-state index in [2.05, 4.69) is 9.97 Å². The number of hydrogen-bond acceptors (Lipinski definition) is 3. The quantitative estimate of drug-likeness (QED) is 0.722. The molecule has 27 heavy (non-hydrogen) atoms. The molecule has 0 spiro atoms. The molecule has 2 aromatic heterocycles. The Kier molecular flexibility index (Phi) is 4.65. The zero-order chi connectivity index (χ0) is 19.1. The molecule has 1 aliphatic rings. The number of hydrogen-bond donors (Lipinski definition) is 1. The van der Waals surface area contributed by atoms with Gasteiger partial charge < -0.3 is 9.88 Å². The number of carbonyl (C=O) groups is 1. The normalized spacial score (nSPS) is 17.0. The number of H-pyrrole nitrogens is 1. The van der Waals surface area contributed by atoms with Crippen LogP contribution >= 0.6 is 23.2 Å². The van der Waals surface area contributed by atoms with Gasteiger partial charge in [-0.3, -0.25) is 14.2 Å². The van der Waals surface area contributed by atoms with Crippen LogP contribution in [0, 0.1) is 0 Å². The molecule has 0 radical (unpaired) electrons. The molecule has 1 unspecified atom stereocenters. The Hall–Kier alpha value is -2.38. The Balaban J connectivity index is 1.72. The van der Waals surface area contributed by atoms with E-state index < -0.39 is 6.17 Å². The molecule has 4 rings (SSSR count). The largest absolute Gasteiger partial charge is 0.345 e. The number of benzene rings is 1. The van der Waals surface area contributed by atoms with Crippen LogP contribution in [0.25, 0.3) is 22.2 Å². The molecule has 6 nitrogen and oxygen atoms in total. The maximum Gasteiger partial charge on any atom is 0.263 e. The van der Waals surface area contributed by atoms with E-state index in [0.29, 0.717) is 45.2 Å². The fourth-order valence-corrected chi connectivity index (χ4v) is 3.55. The molecule has 1 aromatic carbocycles. The topological polar surface area (TPSA) is 71.0 Å². The molecule has 1 fully saturated rings. The summed E-state index contributed by atoms with van der Waals surface area (Å²) in [7, 11) is 0. The number of rotatable bonds is 3. The van der Waals surface area contributed by atoms with Crippen molar-refractivity contribution in [2.45, 2.75) is 19.1 Å². The van der Waals surface area contributed by atoms with Crippen molar-refractivity contribution < 1.29 is 9.18 Å². The van der Waals surface area contributed by atoms with Crippen molar-refractivity contribution in [2.24, 2.45) is 0 Å². The van der Waals surface area contributed by atoms with E-state index in [-0.39, 0.29) is 24.6 Å². The summed E-state index contributed by atoms with van der Waals surface area (Å²) in [6.45, 7) is 0.255. The number of alkyl halides is 1. The van der Waals surface area contributed by atoms with E-state index in [1.807, 2.05) is 0 Å². The van der Waals surface area contributed by atoms with Gasteiger partial charge in [0.1, 0.15) is 24.7 Å². The van der Waals surface area contributed by atoms with E-state index in [1.165, 1.54) is 15.8 Å². The average Bonchev–Trinajstić information content (AvgIpc) is 3.26. The van der Waals surface area contributed by atoms with Gasteiger partial charge in [0.25, 0.3) is 5.56 Å². The third-order valence-electron chi connectivity index (χ3n) is 4.68. The van der Waals surface area contributed by atoms with Crippen molar-refractivity contribution in [2.75, 3.05) is 13.1 Å². The van der Waals surface area contributed by atoms with Crippen molar-refractivity contribution in [3.8, 4) is 11.1 Å². The number of carbonyl (C=O) groups excluding carboxylic acids is 1. The van der Waals surface area contributed by atoms with E-state index in [9.17, 15) is 14.0 Å². The van der Waals surface area contributed by atoms with Gasteiger partial charge in [-0.2, -0.15) is 0 Å². The molecule has 1 saturated heterocycles. The highest BCUT2D eigenvalue weighted by Gasteiger charge is 2.26. The van der Waals surface area contributed by atoms with Crippen LogP contribution in [0.2, 0.25) is 10.0 Å². The molecule has 0 aliphatic carbocycles. The molecule has 140 valence electrons. The molecular formula is C18H15Cl2FN4O2. The Bertz CT molecular complexity index is 1090. The number of aromatic amines is 1. The third kappa shape index (κ3) is 3.33. The molecule has 1 aliphatic heterocycles. The lowest BCUT2D eigenvalue weighted by Gasteiger charge is -2.15. The van der Waals surface area contributed by atoms with Crippen LogP contribution in [-0.4, -0.2) is 44.6 Å². The number of fused-ring (bicyclic) bond motifs is 1. The van der Waals surface area contributed by atoms with E-state index in [0.717, 1.165) is 0 Å². The molecule has 0 bridgehead atoms. The van der Waals surface area contributed by atoms with Gasteiger partial charge in [-0.05, 0) is 24.1 Å². The second-order valence-corrected chi connectivity index (χ2v) is 7.27. The van der Waals surface area contributed by atoms with Crippen molar-refractivity contribution in [3.63, 3.8) is 0 Å². The number of halogens is 3. The molecule has 1 amide bonds. The number of amides is 1. The highest BCUT2D eigenvalue weighted by Crippen LogP contribution is 2.31. The van der Waals surface area contributed by atoms with Crippen molar-refractivity contribution in [1.82, 2.24) is 19.4 Å². The van der Waals surface area contributed by atoms with Crippen LogP contribution in [0.4, 0.5) is 4.39 Å². The van der Waals surface area contributed by atoms with E-state index >= 15 is 0 Å². The molecular weight excluding hydrogens is 394 g/mol. The minimum absolute atomic E-state index is 0.0714. The zero-order valence-corrected chi connectivity index (χ0v) is 15.6. The van der Waals surface area contributed by atoms with Crippen molar-refractivity contribution in [3.05, 3.63) is 51.1 Å². The third-order valence-corrected chi connectivity index (χ3v) is 5.42. The summed E-state index contributed by atoms with van der Waals surface area (Å²) in [6, 6.07) is 5.07. The number of aromatic nitrogens is 3. The molecule has 1 atom stereocenters. The van der Waals surface area contributed by atoms with Gasteiger partial charge in [0.2, 0.25) is 5.91 Å². The molecule has 3 aromatic rings. The lowest BCUT2D eigenvalue weighted by Crippen LogP contribution is -2.35. The van der Waals surface area contributed by atoms with Crippen molar-refractivity contribution in [1.29, 1.82) is 0 Å². The zero-order valence-electron chi connectivity index (χ0n) is 14.1.